The molecule has 1 aliphatic rings. The topological polar surface area (TPSA) is 93.5 Å². The van der Waals surface area contributed by atoms with Crippen molar-refractivity contribution in [3.63, 3.8) is 0 Å². The summed E-state index contributed by atoms with van der Waals surface area (Å²) in [5.41, 5.74) is 3.13. The molecule has 0 radical (unpaired) electrons. The minimum absolute atomic E-state index is 0.0503. The van der Waals surface area contributed by atoms with E-state index in [1.54, 1.807) is 24.3 Å². The number of nitrogens with zero attached hydrogens (tertiary/aromatic N) is 1. The molecule has 1 amide bonds. The number of hydrogen-bond donors (Lipinski definition) is 2. The van der Waals surface area contributed by atoms with E-state index < -0.39 is 0 Å². The second-order valence-corrected chi connectivity index (χ2v) is 6.46. The number of rotatable bonds is 9. The van der Waals surface area contributed by atoms with Gasteiger partial charge in [-0.2, -0.15) is 0 Å². The zero-order chi connectivity index (χ0) is 19.1. The number of amides is 1. The van der Waals surface area contributed by atoms with E-state index in [-0.39, 0.29) is 16.5 Å². The second-order valence-electron chi connectivity index (χ2n) is 6.46. The average Bonchev–Trinajstić information content (AvgIpc) is 2.67. The van der Waals surface area contributed by atoms with E-state index in [9.17, 15) is 14.9 Å². The van der Waals surface area contributed by atoms with Crippen molar-refractivity contribution in [2.24, 2.45) is 0 Å². The van der Waals surface area contributed by atoms with Crippen molar-refractivity contribution >= 4 is 17.3 Å². The lowest BCUT2D eigenvalue weighted by atomic mass is 10.0. The van der Waals surface area contributed by atoms with Gasteiger partial charge in [0, 0.05) is 36.3 Å². The number of nitro groups is 1. The van der Waals surface area contributed by atoms with Crippen LogP contribution in [0, 0.1) is 10.1 Å². The molecule has 7 nitrogen and oxygen atoms in total. The maximum atomic E-state index is 11.5. The molecule has 2 N–H and O–H groups in total. The van der Waals surface area contributed by atoms with Crippen LogP contribution in [-0.2, 0) is 17.6 Å². The molecule has 0 unspecified atom stereocenters. The van der Waals surface area contributed by atoms with Gasteiger partial charge in [-0.1, -0.05) is 18.2 Å². The van der Waals surface area contributed by atoms with Crippen LogP contribution in [-0.4, -0.2) is 30.5 Å². The van der Waals surface area contributed by atoms with Crippen molar-refractivity contribution in [3.8, 4) is 5.75 Å². The number of non-ortho nitro benzene ring substituents is 1. The fourth-order valence-corrected chi connectivity index (χ4v) is 3.09. The number of aryl methyl sites for hydroxylation is 1. The molecular weight excluding hydrogens is 346 g/mol. The van der Waals surface area contributed by atoms with Crippen LogP contribution in [0.3, 0.4) is 0 Å². The highest BCUT2D eigenvalue weighted by Gasteiger charge is 2.18. The number of carbonyl (C=O) groups excluding carboxylic acids is 1. The van der Waals surface area contributed by atoms with E-state index in [0.717, 1.165) is 48.5 Å². The summed E-state index contributed by atoms with van der Waals surface area (Å²) in [4.78, 5) is 21.7. The normalized spacial score (nSPS) is 13.0. The number of carbonyl (C=O) groups is 1. The second kappa shape index (κ2) is 9.14. The number of benzene rings is 2. The third-order valence-corrected chi connectivity index (χ3v) is 4.51. The first-order valence-electron chi connectivity index (χ1n) is 9.12. The van der Waals surface area contributed by atoms with Gasteiger partial charge in [0.15, 0.2) is 0 Å². The SMILES string of the molecule is O=C1CCc2c(cccc2OCCNCCCc2ccc([N+](=O)[O-])cc2)N1. The van der Waals surface area contributed by atoms with Crippen molar-refractivity contribution in [1.29, 1.82) is 0 Å². The van der Waals surface area contributed by atoms with E-state index in [2.05, 4.69) is 10.6 Å². The number of ether oxygens (including phenoxy) is 1. The molecule has 0 aromatic heterocycles. The van der Waals surface area contributed by atoms with Gasteiger partial charge in [0.2, 0.25) is 5.91 Å². The summed E-state index contributed by atoms with van der Waals surface area (Å²) in [6, 6.07) is 12.4. The maximum Gasteiger partial charge on any atom is 0.269 e. The van der Waals surface area contributed by atoms with Crippen LogP contribution < -0.4 is 15.4 Å². The summed E-state index contributed by atoms with van der Waals surface area (Å²) < 4.78 is 5.86. The molecule has 7 heteroatoms. The van der Waals surface area contributed by atoms with Crippen molar-refractivity contribution in [2.45, 2.75) is 25.7 Å². The summed E-state index contributed by atoms with van der Waals surface area (Å²) in [7, 11) is 0. The maximum absolute atomic E-state index is 11.5. The highest BCUT2D eigenvalue weighted by atomic mass is 16.6. The monoisotopic (exact) mass is 369 g/mol. The van der Waals surface area contributed by atoms with E-state index in [4.69, 9.17) is 4.74 Å². The minimum atomic E-state index is -0.386. The molecule has 2 aromatic carbocycles. The Bertz CT molecular complexity index is 805. The molecule has 0 bridgehead atoms. The number of nitro benzene ring substituents is 1. The highest BCUT2D eigenvalue weighted by molar-refractivity contribution is 5.94. The van der Waals surface area contributed by atoms with Crippen LogP contribution in [0.5, 0.6) is 5.75 Å². The summed E-state index contributed by atoms with van der Waals surface area (Å²) in [6.45, 7) is 2.14. The lowest BCUT2D eigenvalue weighted by Gasteiger charge is -2.20. The van der Waals surface area contributed by atoms with Gasteiger partial charge in [0.1, 0.15) is 12.4 Å². The summed E-state index contributed by atoms with van der Waals surface area (Å²) in [5, 5.41) is 16.8. The lowest BCUT2D eigenvalue weighted by Crippen LogP contribution is -2.23. The van der Waals surface area contributed by atoms with Gasteiger partial charge >= 0.3 is 0 Å². The van der Waals surface area contributed by atoms with Crippen LogP contribution in [0.4, 0.5) is 11.4 Å². The number of hydrogen-bond acceptors (Lipinski definition) is 5. The third-order valence-electron chi connectivity index (χ3n) is 4.51. The molecule has 0 fully saturated rings. The van der Waals surface area contributed by atoms with Gasteiger partial charge in [0.05, 0.1) is 4.92 Å². The van der Waals surface area contributed by atoms with Crippen molar-refractivity contribution in [3.05, 3.63) is 63.7 Å². The fraction of sp³-hybridized carbons (Fsp3) is 0.350. The molecule has 0 saturated carbocycles. The van der Waals surface area contributed by atoms with E-state index in [1.807, 2.05) is 18.2 Å². The molecule has 0 spiro atoms. The highest BCUT2D eigenvalue weighted by Crippen LogP contribution is 2.30. The molecular formula is C20H23N3O4. The van der Waals surface area contributed by atoms with Gasteiger partial charge in [-0.25, -0.2) is 0 Å². The zero-order valence-electron chi connectivity index (χ0n) is 15.1. The summed E-state index contributed by atoms with van der Waals surface area (Å²) in [6.07, 6.45) is 3.02. The molecule has 2 aromatic rings. The lowest BCUT2D eigenvalue weighted by molar-refractivity contribution is -0.384. The molecule has 0 saturated heterocycles. The molecule has 0 atom stereocenters. The number of fused-ring (bicyclic) bond motifs is 1. The van der Waals surface area contributed by atoms with Gasteiger partial charge in [-0.15, -0.1) is 0 Å². The van der Waals surface area contributed by atoms with Gasteiger partial charge < -0.3 is 15.4 Å². The van der Waals surface area contributed by atoms with Crippen LogP contribution in [0.1, 0.15) is 24.0 Å². The molecule has 3 rings (SSSR count). The quantitative estimate of drug-likeness (QED) is 0.402. The Morgan fingerprint density at radius 2 is 1.93 bits per heavy atom. The Hall–Kier alpha value is -2.93. The molecule has 0 aliphatic carbocycles. The zero-order valence-corrected chi connectivity index (χ0v) is 15.1. The average molecular weight is 369 g/mol. The Morgan fingerprint density at radius 3 is 2.70 bits per heavy atom. The molecule has 142 valence electrons. The van der Waals surface area contributed by atoms with Gasteiger partial charge in [-0.05, 0) is 43.5 Å². The van der Waals surface area contributed by atoms with Crippen molar-refractivity contribution in [2.75, 3.05) is 25.0 Å². The van der Waals surface area contributed by atoms with Crippen LogP contribution in [0.25, 0.3) is 0 Å². The first-order chi connectivity index (χ1) is 13.1. The van der Waals surface area contributed by atoms with Gasteiger partial charge in [-0.3, -0.25) is 14.9 Å². The van der Waals surface area contributed by atoms with E-state index in [1.165, 1.54) is 0 Å². The largest absolute Gasteiger partial charge is 0.492 e. The Kier molecular flexibility index (Phi) is 6.38. The molecule has 27 heavy (non-hydrogen) atoms. The van der Waals surface area contributed by atoms with Crippen LogP contribution in [0.2, 0.25) is 0 Å². The first-order valence-corrected chi connectivity index (χ1v) is 9.12. The minimum Gasteiger partial charge on any atom is -0.492 e. The van der Waals surface area contributed by atoms with E-state index >= 15 is 0 Å². The first kappa shape index (κ1) is 18.8. The van der Waals surface area contributed by atoms with E-state index in [0.29, 0.717) is 19.4 Å². The van der Waals surface area contributed by atoms with Crippen molar-refractivity contribution in [1.82, 2.24) is 5.32 Å². The molecule has 1 aliphatic heterocycles. The Morgan fingerprint density at radius 1 is 1.11 bits per heavy atom. The smallest absolute Gasteiger partial charge is 0.269 e. The van der Waals surface area contributed by atoms with Gasteiger partial charge in [0.25, 0.3) is 5.69 Å². The Balaban J connectivity index is 1.34. The summed E-state index contributed by atoms with van der Waals surface area (Å²) >= 11 is 0. The number of anilines is 1. The molecule has 1 heterocycles. The Labute approximate surface area is 157 Å². The number of nitrogens with one attached hydrogen (secondary N) is 2. The van der Waals surface area contributed by atoms with Crippen LogP contribution in [0.15, 0.2) is 42.5 Å². The summed E-state index contributed by atoms with van der Waals surface area (Å²) in [5.74, 6) is 0.884. The fourth-order valence-electron chi connectivity index (χ4n) is 3.09. The predicted molar refractivity (Wildman–Crippen MR) is 103 cm³/mol. The van der Waals surface area contributed by atoms with Crippen LogP contribution >= 0.6 is 0 Å². The third kappa shape index (κ3) is 5.27. The predicted octanol–water partition coefficient (Wildman–Crippen LogP) is 3.08. The standard InChI is InChI=1S/C20H23N3O4/c24-20-11-10-17-18(22-20)4-1-5-19(17)27-14-13-21-12-2-3-15-6-8-16(9-7-15)23(25)26/h1,4-9,21H,2-3,10-14H2,(H,22,24). The van der Waals surface area contributed by atoms with Crippen molar-refractivity contribution < 1.29 is 14.5 Å².